The lowest BCUT2D eigenvalue weighted by atomic mass is 10.2. The Bertz CT molecular complexity index is 411. The molecule has 0 heterocycles. The summed E-state index contributed by atoms with van der Waals surface area (Å²) in [7, 11) is -2.89. The summed E-state index contributed by atoms with van der Waals surface area (Å²) in [6.07, 6.45) is 1.73. The lowest BCUT2D eigenvalue weighted by Crippen LogP contribution is -2.07. The lowest BCUT2D eigenvalue weighted by Gasteiger charge is -2.05. The largest absolute Gasteiger partial charge is 0.494 e. The fourth-order valence-corrected chi connectivity index (χ4v) is 2.01. The summed E-state index contributed by atoms with van der Waals surface area (Å²) in [5.74, 6) is 1.38. The predicted octanol–water partition coefficient (Wildman–Crippen LogP) is 2.24. The fourth-order valence-electron chi connectivity index (χ4n) is 1.19. The second-order valence-electron chi connectivity index (χ2n) is 3.61. The smallest absolute Gasteiger partial charge is 0.147 e. The van der Waals surface area contributed by atoms with Gasteiger partial charge < -0.3 is 4.74 Å². The van der Waals surface area contributed by atoms with Gasteiger partial charge in [-0.1, -0.05) is 12.1 Å². The highest BCUT2D eigenvalue weighted by Crippen LogP contribution is 2.13. The van der Waals surface area contributed by atoms with Gasteiger partial charge in [-0.15, -0.1) is 11.6 Å². The Morgan fingerprint density at radius 2 is 1.88 bits per heavy atom. The molecule has 5 heteroatoms. The molecule has 0 aromatic heterocycles. The Morgan fingerprint density at radius 3 is 2.38 bits per heavy atom. The van der Waals surface area contributed by atoms with E-state index in [1.165, 1.54) is 6.26 Å². The Labute approximate surface area is 101 Å². The van der Waals surface area contributed by atoms with Gasteiger partial charge in [0.25, 0.3) is 0 Å². The Balaban J connectivity index is 2.32. The SMILES string of the molecule is CS(=O)(=O)CCCOc1ccc(CCl)cc1. The van der Waals surface area contributed by atoms with E-state index in [4.69, 9.17) is 16.3 Å². The molecule has 0 amide bonds. The van der Waals surface area contributed by atoms with Crippen LogP contribution in [0.3, 0.4) is 0 Å². The van der Waals surface area contributed by atoms with Gasteiger partial charge in [0.1, 0.15) is 15.6 Å². The van der Waals surface area contributed by atoms with Crippen LogP contribution in [0.1, 0.15) is 12.0 Å². The first kappa shape index (κ1) is 13.3. The van der Waals surface area contributed by atoms with Gasteiger partial charge in [-0.3, -0.25) is 0 Å². The fraction of sp³-hybridized carbons (Fsp3) is 0.455. The monoisotopic (exact) mass is 262 g/mol. The maximum atomic E-state index is 10.9. The highest BCUT2D eigenvalue weighted by atomic mass is 35.5. The Hall–Kier alpha value is -0.740. The molecule has 0 atom stereocenters. The van der Waals surface area contributed by atoms with Crippen LogP contribution in [-0.2, 0) is 15.7 Å². The minimum atomic E-state index is -2.89. The molecule has 0 N–H and O–H groups in total. The van der Waals surface area contributed by atoms with E-state index in [2.05, 4.69) is 0 Å². The second-order valence-corrected chi connectivity index (χ2v) is 6.14. The Morgan fingerprint density at radius 1 is 1.25 bits per heavy atom. The van der Waals surface area contributed by atoms with Gasteiger partial charge in [-0.2, -0.15) is 0 Å². The van der Waals surface area contributed by atoms with E-state index >= 15 is 0 Å². The van der Waals surface area contributed by atoms with Crippen LogP contribution in [0.4, 0.5) is 0 Å². The van der Waals surface area contributed by atoms with Crippen molar-refractivity contribution >= 4 is 21.4 Å². The van der Waals surface area contributed by atoms with Crippen molar-refractivity contribution in [3.05, 3.63) is 29.8 Å². The average molecular weight is 263 g/mol. The number of benzene rings is 1. The number of halogens is 1. The minimum absolute atomic E-state index is 0.159. The van der Waals surface area contributed by atoms with Crippen molar-refractivity contribution in [2.24, 2.45) is 0 Å². The van der Waals surface area contributed by atoms with E-state index in [-0.39, 0.29) is 5.75 Å². The Kier molecular flexibility index (Phi) is 5.09. The van der Waals surface area contributed by atoms with Gasteiger partial charge in [-0.25, -0.2) is 8.42 Å². The van der Waals surface area contributed by atoms with Crippen LogP contribution >= 0.6 is 11.6 Å². The van der Waals surface area contributed by atoms with Crippen molar-refractivity contribution in [2.75, 3.05) is 18.6 Å². The van der Waals surface area contributed by atoms with Crippen LogP contribution in [0.25, 0.3) is 0 Å². The number of rotatable bonds is 6. The molecular weight excluding hydrogens is 248 g/mol. The normalized spacial score (nSPS) is 11.4. The number of sulfone groups is 1. The van der Waals surface area contributed by atoms with Crippen molar-refractivity contribution in [2.45, 2.75) is 12.3 Å². The van der Waals surface area contributed by atoms with Gasteiger partial charge in [0, 0.05) is 12.1 Å². The zero-order valence-electron chi connectivity index (χ0n) is 9.15. The third kappa shape index (κ3) is 5.37. The molecule has 1 rings (SSSR count). The highest BCUT2D eigenvalue weighted by Gasteiger charge is 2.01. The third-order valence-electron chi connectivity index (χ3n) is 2.01. The van der Waals surface area contributed by atoms with E-state index in [0.29, 0.717) is 18.9 Å². The zero-order valence-corrected chi connectivity index (χ0v) is 10.7. The summed E-state index contributed by atoms with van der Waals surface area (Å²) in [5, 5.41) is 0. The van der Waals surface area contributed by atoms with Crippen molar-refractivity contribution in [1.82, 2.24) is 0 Å². The molecule has 0 aliphatic heterocycles. The predicted molar refractivity (Wildman–Crippen MR) is 65.8 cm³/mol. The summed E-state index contributed by atoms with van der Waals surface area (Å²) in [5.41, 5.74) is 1.03. The van der Waals surface area contributed by atoms with Gasteiger partial charge >= 0.3 is 0 Å². The number of ether oxygens (including phenoxy) is 1. The summed E-state index contributed by atoms with van der Waals surface area (Å²) in [6, 6.07) is 7.44. The summed E-state index contributed by atoms with van der Waals surface area (Å²) < 4.78 is 27.1. The molecule has 0 bridgehead atoms. The molecule has 0 aliphatic rings. The zero-order chi connectivity index (χ0) is 12.0. The maximum absolute atomic E-state index is 10.9. The molecule has 0 saturated heterocycles. The molecule has 0 unspecified atom stereocenters. The number of hydrogen-bond acceptors (Lipinski definition) is 3. The molecular formula is C11H15ClO3S. The molecule has 0 aliphatic carbocycles. The molecule has 90 valence electrons. The van der Waals surface area contributed by atoms with Crippen molar-refractivity contribution < 1.29 is 13.2 Å². The molecule has 1 aromatic carbocycles. The standard InChI is InChI=1S/C11H15ClO3S/c1-16(13,14)8-2-7-15-11-5-3-10(9-12)4-6-11/h3-6H,2,7-9H2,1H3. The van der Waals surface area contributed by atoms with E-state index in [9.17, 15) is 8.42 Å². The third-order valence-corrected chi connectivity index (χ3v) is 3.34. The quantitative estimate of drug-likeness (QED) is 0.583. The van der Waals surface area contributed by atoms with E-state index in [1.807, 2.05) is 24.3 Å². The van der Waals surface area contributed by atoms with Crippen LogP contribution in [0.15, 0.2) is 24.3 Å². The van der Waals surface area contributed by atoms with Crippen LogP contribution < -0.4 is 4.74 Å². The van der Waals surface area contributed by atoms with Gasteiger partial charge in [-0.05, 0) is 24.1 Å². The molecule has 0 spiro atoms. The van der Waals surface area contributed by atoms with E-state index < -0.39 is 9.84 Å². The van der Waals surface area contributed by atoms with Crippen molar-refractivity contribution in [1.29, 1.82) is 0 Å². The first-order valence-corrected chi connectivity index (χ1v) is 7.56. The highest BCUT2D eigenvalue weighted by molar-refractivity contribution is 7.90. The molecule has 16 heavy (non-hydrogen) atoms. The van der Waals surface area contributed by atoms with Crippen molar-refractivity contribution in [3.63, 3.8) is 0 Å². The lowest BCUT2D eigenvalue weighted by molar-refractivity contribution is 0.317. The first-order valence-electron chi connectivity index (χ1n) is 4.97. The van der Waals surface area contributed by atoms with Crippen LogP contribution in [-0.4, -0.2) is 27.0 Å². The number of alkyl halides is 1. The maximum Gasteiger partial charge on any atom is 0.147 e. The summed E-state index contributed by atoms with van der Waals surface area (Å²) in [6.45, 7) is 0.410. The van der Waals surface area contributed by atoms with Crippen LogP contribution in [0.2, 0.25) is 0 Å². The average Bonchev–Trinajstić information content (AvgIpc) is 2.24. The topological polar surface area (TPSA) is 43.4 Å². The number of hydrogen-bond donors (Lipinski definition) is 0. The van der Waals surface area contributed by atoms with Gasteiger partial charge in [0.05, 0.1) is 12.4 Å². The van der Waals surface area contributed by atoms with E-state index in [1.54, 1.807) is 0 Å². The summed E-state index contributed by atoms with van der Waals surface area (Å²) >= 11 is 5.65. The molecule has 3 nitrogen and oxygen atoms in total. The van der Waals surface area contributed by atoms with Gasteiger partial charge in [0.15, 0.2) is 0 Å². The summed E-state index contributed by atoms with van der Waals surface area (Å²) in [4.78, 5) is 0. The molecule has 1 aromatic rings. The second kappa shape index (κ2) is 6.11. The van der Waals surface area contributed by atoms with Crippen LogP contribution in [0.5, 0.6) is 5.75 Å². The molecule has 0 radical (unpaired) electrons. The van der Waals surface area contributed by atoms with Crippen LogP contribution in [0, 0.1) is 0 Å². The first-order chi connectivity index (χ1) is 7.51. The van der Waals surface area contributed by atoms with Gasteiger partial charge in [0.2, 0.25) is 0 Å². The van der Waals surface area contributed by atoms with Crippen molar-refractivity contribution in [3.8, 4) is 5.75 Å². The molecule has 0 fully saturated rings. The minimum Gasteiger partial charge on any atom is -0.494 e. The van der Waals surface area contributed by atoms with E-state index in [0.717, 1.165) is 11.3 Å². The molecule has 0 saturated carbocycles.